The molecule has 0 fully saturated rings. The van der Waals surface area contributed by atoms with E-state index in [0.29, 0.717) is 35.3 Å². The Morgan fingerprint density at radius 1 is 1.00 bits per heavy atom. The molecule has 1 amide bonds. The van der Waals surface area contributed by atoms with Crippen LogP contribution in [-0.4, -0.2) is 29.8 Å². The average molecular weight is 458 g/mol. The van der Waals surface area contributed by atoms with Crippen LogP contribution >= 0.6 is 0 Å². The first-order valence-corrected chi connectivity index (χ1v) is 11.3. The molecule has 1 atom stereocenters. The van der Waals surface area contributed by atoms with Gasteiger partial charge in [-0.3, -0.25) is 4.79 Å². The van der Waals surface area contributed by atoms with Gasteiger partial charge in [0, 0.05) is 12.1 Å². The van der Waals surface area contributed by atoms with E-state index in [1.54, 1.807) is 12.0 Å². The predicted molar refractivity (Wildman–Crippen MR) is 129 cm³/mol. The highest BCUT2D eigenvalue weighted by molar-refractivity contribution is 6.05. The van der Waals surface area contributed by atoms with Gasteiger partial charge >= 0.3 is 0 Å². The van der Waals surface area contributed by atoms with Crippen LogP contribution in [0, 0.1) is 0 Å². The van der Waals surface area contributed by atoms with Crippen molar-refractivity contribution in [3.63, 3.8) is 0 Å². The van der Waals surface area contributed by atoms with Crippen LogP contribution < -0.4 is 14.2 Å². The van der Waals surface area contributed by atoms with Crippen molar-refractivity contribution in [2.45, 2.75) is 32.4 Å². The number of carbonyl (C=O) groups is 1. The molecule has 0 unspecified atom stereocenters. The molecule has 0 radical (unpaired) electrons. The Hall–Kier alpha value is -3.93. The highest BCUT2D eigenvalue weighted by Gasteiger charge is 2.41. The lowest BCUT2D eigenvalue weighted by atomic mass is 9.91. The van der Waals surface area contributed by atoms with E-state index in [1.807, 2.05) is 54.6 Å². The van der Waals surface area contributed by atoms with Gasteiger partial charge < -0.3 is 24.2 Å². The number of ether oxygens (including phenoxy) is 3. The van der Waals surface area contributed by atoms with Crippen LogP contribution in [0.2, 0.25) is 0 Å². The number of methoxy groups -OCH3 is 1. The zero-order chi connectivity index (χ0) is 23.8. The van der Waals surface area contributed by atoms with Gasteiger partial charge in [-0.25, -0.2) is 0 Å². The van der Waals surface area contributed by atoms with Gasteiger partial charge in [-0.2, -0.15) is 0 Å². The third kappa shape index (κ3) is 3.85. The molecule has 3 aromatic rings. The van der Waals surface area contributed by atoms with Crippen LogP contribution in [0.5, 0.6) is 17.2 Å². The second kappa shape index (κ2) is 8.78. The Morgan fingerprint density at radius 2 is 1.71 bits per heavy atom. The summed E-state index contributed by atoms with van der Waals surface area (Å²) in [7, 11) is 1.61. The summed E-state index contributed by atoms with van der Waals surface area (Å²) >= 11 is 0. The van der Waals surface area contributed by atoms with Crippen LogP contribution in [0.25, 0.3) is 5.57 Å². The van der Waals surface area contributed by atoms with Crippen LogP contribution in [0.4, 0.5) is 0 Å². The lowest BCUT2D eigenvalue weighted by molar-refractivity contribution is -0.130. The zero-order valence-corrected chi connectivity index (χ0v) is 19.4. The Bertz CT molecular complexity index is 1240. The highest BCUT2D eigenvalue weighted by Crippen LogP contribution is 2.44. The smallest absolute Gasteiger partial charge is 0.290 e. The maximum absolute atomic E-state index is 13.3. The fraction of sp³-hybridized carbons (Fsp3) is 0.250. The van der Waals surface area contributed by atoms with Crippen LogP contribution in [0.15, 0.2) is 72.5 Å². The zero-order valence-electron chi connectivity index (χ0n) is 19.4. The molecule has 2 aliphatic rings. The number of carbonyl (C=O) groups excluding carboxylic acids is 1. The van der Waals surface area contributed by atoms with E-state index in [1.165, 1.54) is 5.56 Å². The van der Waals surface area contributed by atoms with Gasteiger partial charge in [-0.15, -0.1) is 0 Å². The number of rotatable bonds is 6. The number of hydrogen-bond donors (Lipinski definition) is 1. The summed E-state index contributed by atoms with van der Waals surface area (Å²) in [4.78, 5) is 15.1. The molecule has 2 heterocycles. The molecule has 34 heavy (non-hydrogen) atoms. The maximum atomic E-state index is 13.3. The van der Waals surface area contributed by atoms with Crippen molar-refractivity contribution in [2.75, 3.05) is 13.9 Å². The summed E-state index contributed by atoms with van der Waals surface area (Å²) < 4.78 is 16.2. The summed E-state index contributed by atoms with van der Waals surface area (Å²) in [5.74, 6) is 1.83. The average Bonchev–Trinajstić information content (AvgIpc) is 3.42. The molecule has 1 N–H and O–H groups in total. The Balaban J connectivity index is 1.56. The third-order valence-corrected chi connectivity index (χ3v) is 6.41. The molecule has 3 aromatic carbocycles. The molecule has 5 rings (SSSR count). The summed E-state index contributed by atoms with van der Waals surface area (Å²) in [6.45, 7) is 4.80. The van der Waals surface area contributed by atoms with Crippen molar-refractivity contribution in [3.05, 3.63) is 94.7 Å². The van der Waals surface area contributed by atoms with E-state index in [-0.39, 0.29) is 12.6 Å². The van der Waals surface area contributed by atoms with Crippen molar-refractivity contribution >= 4 is 11.5 Å². The van der Waals surface area contributed by atoms with Crippen LogP contribution in [0.1, 0.15) is 48.1 Å². The van der Waals surface area contributed by atoms with Crippen molar-refractivity contribution in [2.24, 2.45) is 0 Å². The topological polar surface area (TPSA) is 68.2 Å². The number of amides is 1. The molecule has 0 aliphatic carbocycles. The Kier molecular flexibility index (Phi) is 5.65. The van der Waals surface area contributed by atoms with Gasteiger partial charge in [0.2, 0.25) is 6.79 Å². The van der Waals surface area contributed by atoms with Gasteiger partial charge in [0.25, 0.3) is 5.91 Å². The number of fused-ring (bicyclic) bond motifs is 1. The first kappa shape index (κ1) is 21.9. The molecule has 0 saturated carbocycles. The van der Waals surface area contributed by atoms with E-state index in [4.69, 9.17) is 14.2 Å². The summed E-state index contributed by atoms with van der Waals surface area (Å²) in [5.41, 5.74) is 4.41. The Morgan fingerprint density at radius 3 is 2.38 bits per heavy atom. The lowest BCUT2D eigenvalue weighted by Crippen LogP contribution is -2.29. The molecular weight excluding hydrogens is 430 g/mol. The SMILES string of the molecule is COc1ccc(C2=C(O)C(=O)N(Cc3ccc4c(c3)OCO4)[C@H]2c2ccc(C(C)C)cc2)cc1. The van der Waals surface area contributed by atoms with E-state index in [0.717, 1.165) is 16.7 Å². The van der Waals surface area contributed by atoms with Gasteiger partial charge in [0.1, 0.15) is 5.75 Å². The largest absolute Gasteiger partial charge is 0.503 e. The van der Waals surface area contributed by atoms with Crippen molar-refractivity contribution in [1.82, 2.24) is 4.90 Å². The fourth-order valence-corrected chi connectivity index (χ4v) is 4.53. The number of hydrogen-bond acceptors (Lipinski definition) is 5. The van der Waals surface area contributed by atoms with E-state index >= 15 is 0 Å². The minimum absolute atomic E-state index is 0.191. The molecule has 6 heteroatoms. The second-order valence-corrected chi connectivity index (χ2v) is 8.84. The molecule has 0 bridgehead atoms. The lowest BCUT2D eigenvalue weighted by Gasteiger charge is -2.28. The van der Waals surface area contributed by atoms with Gasteiger partial charge in [-0.05, 0) is 52.4 Å². The van der Waals surface area contributed by atoms with E-state index in [9.17, 15) is 9.90 Å². The molecular formula is C28H27NO5. The molecule has 0 aromatic heterocycles. The van der Waals surface area contributed by atoms with Crippen molar-refractivity contribution in [1.29, 1.82) is 0 Å². The summed E-state index contributed by atoms with van der Waals surface area (Å²) in [6, 6.07) is 20.9. The molecule has 0 spiro atoms. The van der Waals surface area contributed by atoms with Crippen molar-refractivity contribution < 1.29 is 24.1 Å². The molecule has 0 saturated heterocycles. The monoisotopic (exact) mass is 457 g/mol. The normalized spacial score (nSPS) is 17.1. The third-order valence-electron chi connectivity index (χ3n) is 6.41. The number of aliphatic hydroxyl groups is 1. The summed E-state index contributed by atoms with van der Waals surface area (Å²) in [6.07, 6.45) is 0. The van der Waals surface area contributed by atoms with Crippen LogP contribution in [-0.2, 0) is 11.3 Å². The van der Waals surface area contributed by atoms with E-state index in [2.05, 4.69) is 26.0 Å². The first-order valence-electron chi connectivity index (χ1n) is 11.3. The van der Waals surface area contributed by atoms with E-state index < -0.39 is 11.9 Å². The number of aliphatic hydroxyl groups excluding tert-OH is 1. The van der Waals surface area contributed by atoms with Crippen LogP contribution in [0.3, 0.4) is 0 Å². The first-order chi connectivity index (χ1) is 16.5. The maximum Gasteiger partial charge on any atom is 0.290 e. The Labute approximate surface area is 199 Å². The van der Waals surface area contributed by atoms with Gasteiger partial charge in [-0.1, -0.05) is 56.3 Å². The number of nitrogens with zero attached hydrogens (tertiary/aromatic N) is 1. The molecule has 2 aliphatic heterocycles. The fourth-order valence-electron chi connectivity index (χ4n) is 4.53. The van der Waals surface area contributed by atoms with Crippen molar-refractivity contribution in [3.8, 4) is 17.2 Å². The van der Waals surface area contributed by atoms with Gasteiger partial charge in [0.15, 0.2) is 17.3 Å². The minimum atomic E-state index is -0.437. The molecule has 6 nitrogen and oxygen atoms in total. The molecule has 174 valence electrons. The highest BCUT2D eigenvalue weighted by atomic mass is 16.7. The minimum Gasteiger partial charge on any atom is -0.503 e. The number of benzene rings is 3. The standard InChI is InChI=1S/C28H27NO5/c1-17(2)19-5-7-21(8-6-19)26-25(20-9-11-22(32-3)12-10-20)27(30)28(31)29(26)15-18-4-13-23-24(14-18)34-16-33-23/h4-14,17,26,30H,15-16H2,1-3H3/t26-/m0/s1. The summed E-state index contributed by atoms with van der Waals surface area (Å²) in [5, 5.41) is 11.0. The quantitative estimate of drug-likeness (QED) is 0.522. The predicted octanol–water partition coefficient (Wildman–Crippen LogP) is 5.60. The van der Waals surface area contributed by atoms with Gasteiger partial charge in [0.05, 0.1) is 13.2 Å². The second-order valence-electron chi connectivity index (χ2n) is 8.84.